The second-order valence-corrected chi connectivity index (χ2v) is 3.85. The van der Waals surface area contributed by atoms with E-state index in [1.807, 2.05) is 0 Å². The van der Waals surface area contributed by atoms with Gasteiger partial charge in [0.15, 0.2) is 5.78 Å². The van der Waals surface area contributed by atoms with E-state index in [2.05, 4.69) is 0 Å². The average molecular weight is 225 g/mol. The maximum Gasteiger partial charge on any atom is 0.179 e. The third kappa shape index (κ3) is 3.12. The van der Waals surface area contributed by atoms with Crippen molar-refractivity contribution >= 4 is 5.78 Å². The monoisotopic (exact) mass is 225 g/mol. The van der Waals surface area contributed by atoms with Crippen molar-refractivity contribution < 1.29 is 14.3 Å². The summed E-state index contributed by atoms with van der Waals surface area (Å²) in [5.74, 6) is -0.779. The molecule has 0 aliphatic carbocycles. The van der Waals surface area contributed by atoms with E-state index in [-0.39, 0.29) is 30.5 Å². The summed E-state index contributed by atoms with van der Waals surface area (Å²) in [6, 6.07) is 5.80. The van der Waals surface area contributed by atoms with Crippen LogP contribution in [0.1, 0.15) is 17.3 Å². The molecule has 4 heteroatoms. The molecule has 1 rings (SSSR count). The second kappa shape index (κ2) is 5.72. The summed E-state index contributed by atoms with van der Waals surface area (Å²) < 4.78 is 13.3. The lowest BCUT2D eigenvalue weighted by Gasteiger charge is -2.21. The van der Waals surface area contributed by atoms with Crippen LogP contribution in [-0.2, 0) is 0 Å². The lowest BCUT2D eigenvalue weighted by Crippen LogP contribution is -2.36. The van der Waals surface area contributed by atoms with Gasteiger partial charge in [-0.1, -0.05) is 12.1 Å². The van der Waals surface area contributed by atoms with Crippen molar-refractivity contribution in [2.24, 2.45) is 0 Å². The van der Waals surface area contributed by atoms with E-state index in [0.29, 0.717) is 0 Å². The lowest BCUT2D eigenvalue weighted by atomic mass is 10.1. The number of nitrogens with zero attached hydrogens (tertiary/aromatic N) is 1. The number of Topliss-reactive ketones (excluding diaryl/α,β-unsaturated/α-hetero) is 1. The van der Waals surface area contributed by atoms with Gasteiger partial charge in [0.2, 0.25) is 0 Å². The Labute approximate surface area is 94.5 Å². The van der Waals surface area contributed by atoms with E-state index >= 15 is 0 Å². The molecule has 1 aromatic rings. The highest BCUT2D eigenvalue weighted by Crippen LogP contribution is 2.08. The molecule has 0 spiro atoms. The normalized spacial score (nSPS) is 12.8. The van der Waals surface area contributed by atoms with Crippen molar-refractivity contribution in [1.29, 1.82) is 0 Å². The Balaban J connectivity index is 2.70. The Kier molecular flexibility index (Phi) is 4.58. The molecule has 16 heavy (non-hydrogen) atoms. The van der Waals surface area contributed by atoms with Crippen LogP contribution in [0.5, 0.6) is 0 Å². The minimum absolute atomic E-state index is 0.0267. The smallest absolute Gasteiger partial charge is 0.179 e. The molecule has 0 heterocycles. The molecule has 0 saturated carbocycles. The number of aliphatic hydroxyl groups is 1. The summed E-state index contributed by atoms with van der Waals surface area (Å²) in [6.07, 6.45) is 0. The van der Waals surface area contributed by atoms with E-state index in [4.69, 9.17) is 5.11 Å². The van der Waals surface area contributed by atoms with Gasteiger partial charge in [-0.25, -0.2) is 4.39 Å². The first-order valence-corrected chi connectivity index (χ1v) is 5.15. The molecule has 3 nitrogen and oxygen atoms in total. The van der Waals surface area contributed by atoms with Gasteiger partial charge in [-0.3, -0.25) is 9.69 Å². The van der Waals surface area contributed by atoms with Crippen LogP contribution in [-0.4, -0.2) is 42.0 Å². The fourth-order valence-corrected chi connectivity index (χ4v) is 1.29. The molecule has 1 aromatic carbocycles. The summed E-state index contributed by atoms with van der Waals surface area (Å²) in [4.78, 5) is 13.4. The van der Waals surface area contributed by atoms with Crippen LogP contribution >= 0.6 is 0 Å². The largest absolute Gasteiger partial charge is 0.395 e. The minimum atomic E-state index is -0.502. The van der Waals surface area contributed by atoms with Crippen LogP contribution < -0.4 is 0 Å². The summed E-state index contributed by atoms with van der Waals surface area (Å²) in [7, 11) is 1.72. The van der Waals surface area contributed by atoms with Crippen LogP contribution in [0.25, 0.3) is 0 Å². The molecule has 0 bridgehead atoms. The zero-order chi connectivity index (χ0) is 12.1. The summed E-state index contributed by atoms with van der Waals surface area (Å²) in [6.45, 7) is 1.87. The molecule has 0 aromatic heterocycles. The number of aliphatic hydroxyl groups excluding tert-OH is 1. The molecule has 1 atom stereocenters. The maximum absolute atomic E-state index is 13.3. The lowest BCUT2D eigenvalue weighted by molar-refractivity contribution is 0.0886. The van der Waals surface area contributed by atoms with Gasteiger partial charge in [-0.2, -0.15) is 0 Å². The fraction of sp³-hybridized carbons (Fsp3) is 0.417. The Morgan fingerprint density at radius 2 is 2.12 bits per heavy atom. The van der Waals surface area contributed by atoms with Gasteiger partial charge in [0.05, 0.1) is 18.7 Å². The first-order chi connectivity index (χ1) is 7.56. The van der Waals surface area contributed by atoms with Gasteiger partial charge in [-0.15, -0.1) is 0 Å². The minimum Gasteiger partial charge on any atom is -0.395 e. The van der Waals surface area contributed by atoms with Crippen molar-refractivity contribution in [2.45, 2.75) is 13.0 Å². The highest BCUT2D eigenvalue weighted by atomic mass is 19.1. The molecule has 88 valence electrons. The molecule has 1 unspecified atom stereocenters. The number of benzene rings is 1. The van der Waals surface area contributed by atoms with E-state index in [0.717, 1.165) is 0 Å². The van der Waals surface area contributed by atoms with Gasteiger partial charge in [0.1, 0.15) is 5.82 Å². The number of rotatable bonds is 5. The Morgan fingerprint density at radius 1 is 1.50 bits per heavy atom. The summed E-state index contributed by atoms with van der Waals surface area (Å²) in [5, 5.41) is 8.92. The first kappa shape index (κ1) is 12.8. The highest BCUT2D eigenvalue weighted by molar-refractivity contribution is 5.97. The molecule has 0 saturated heterocycles. The zero-order valence-corrected chi connectivity index (χ0v) is 9.48. The molecule has 0 aliphatic rings. The predicted molar refractivity (Wildman–Crippen MR) is 59.9 cm³/mol. The average Bonchev–Trinajstić information content (AvgIpc) is 2.28. The van der Waals surface area contributed by atoms with Gasteiger partial charge < -0.3 is 5.11 Å². The number of halogens is 1. The van der Waals surface area contributed by atoms with E-state index in [9.17, 15) is 9.18 Å². The Morgan fingerprint density at radius 3 is 2.69 bits per heavy atom. The Bertz CT molecular complexity index is 368. The van der Waals surface area contributed by atoms with Crippen LogP contribution in [0.3, 0.4) is 0 Å². The van der Waals surface area contributed by atoms with Gasteiger partial charge in [0.25, 0.3) is 0 Å². The van der Waals surface area contributed by atoms with Crippen LogP contribution in [0.4, 0.5) is 4.39 Å². The summed E-state index contributed by atoms with van der Waals surface area (Å²) >= 11 is 0. The van der Waals surface area contributed by atoms with Crippen molar-refractivity contribution in [2.75, 3.05) is 20.2 Å². The van der Waals surface area contributed by atoms with Crippen LogP contribution in [0.15, 0.2) is 24.3 Å². The molecular formula is C12H16FNO2. The fourth-order valence-electron chi connectivity index (χ4n) is 1.29. The third-order valence-electron chi connectivity index (χ3n) is 2.58. The number of hydrogen-bond donors (Lipinski definition) is 1. The SMILES string of the molecule is CC(CO)N(C)CC(=O)c1ccccc1F. The topological polar surface area (TPSA) is 40.5 Å². The summed E-state index contributed by atoms with van der Waals surface area (Å²) in [5.41, 5.74) is 0.0967. The van der Waals surface area contributed by atoms with Gasteiger partial charge in [-0.05, 0) is 26.1 Å². The number of ketones is 1. The quantitative estimate of drug-likeness (QED) is 0.768. The molecule has 0 aliphatic heterocycles. The third-order valence-corrected chi connectivity index (χ3v) is 2.58. The standard InChI is InChI=1S/C12H16FNO2/c1-9(8-15)14(2)7-12(16)10-5-3-4-6-11(10)13/h3-6,9,15H,7-8H2,1-2H3. The molecule has 0 fully saturated rings. The van der Waals surface area contributed by atoms with E-state index in [1.165, 1.54) is 12.1 Å². The van der Waals surface area contributed by atoms with Crippen LogP contribution in [0, 0.1) is 5.82 Å². The van der Waals surface area contributed by atoms with Crippen LogP contribution in [0.2, 0.25) is 0 Å². The van der Waals surface area contributed by atoms with Gasteiger partial charge >= 0.3 is 0 Å². The predicted octanol–water partition coefficient (Wildman–Crippen LogP) is 1.32. The zero-order valence-electron chi connectivity index (χ0n) is 9.48. The van der Waals surface area contributed by atoms with Crippen molar-refractivity contribution in [1.82, 2.24) is 4.90 Å². The molecular weight excluding hydrogens is 209 g/mol. The number of carbonyl (C=O) groups is 1. The second-order valence-electron chi connectivity index (χ2n) is 3.85. The van der Waals surface area contributed by atoms with E-state index in [1.54, 1.807) is 31.0 Å². The molecule has 1 N–H and O–H groups in total. The Hall–Kier alpha value is -1.26. The van der Waals surface area contributed by atoms with Gasteiger partial charge in [0, 0.05) is 6.04 Å². The van der Waals surface area contributed by atoms with Crippen molar-refractivity contribution in [3.63, 3.8) is 0 Å². The van der Waals surface area contributed by atoms with E-state index < -0.39 is 5.82 Å². The van der Waals surface area contributed by atoms with Crippen molar-refractivity contribution in [3.8, 4) is 0 Å². The number of likely N-dealkylation sites (N-methyl/N-ethyl adjacent to an activating group) is 1. The maximum atomic E-state index is 13.3. The molecule has 0 radical (unpaired) electrons. The number of hydrogen-bond acceptors (Lipinski definition) is 3. The number of carbonyl (C=O) groups excluding carboxylic acids is 1. The highest BCUT2D eigenvalue weighted by Gasteiger charge is 2.16. The van der Waals surface area contributed by atoms with Crippen molar-refractivity contribution in [3.05, 3.63) is 35.6 Å². The molecule has 0 amide bonds. The first-order valence-electron chi connectivity index (χ1n) is 5.15.